The topological polar surface area (TPSA) is 92.4 Å². The Labute approximate surface area is 95.4 Å². The SMILES string of the molecule is CCCC(N)CC(=O)NCC1(C(=O)O)CC1. The van der Waals surface area contributed by atoms with Crippen molar-refractivity contribution in [1.29, 1.82) is 0 Å². The van der Waals surface area contributed by atoms with Crippen LogP contribution in [0.15, 0.2) is 0 Å². The summed E-state index contributed by atoms with van der Waals surface area (Å²) < 4.78 is 0. The molecule has 1 rings (SSSR count). The van der Waals surface area contributed by atoms with Crippen LogP contribution in [0.5, 0.6) is 0 Å². The van der Waals surface area contributed by atoms with E-state index in [4.69, 9.17) is 10.8 Å². The van der Waals surface area contributed by atoms with E-state index in [1.165, 1.54) is 0 Å². The monoisotopic (exact) mass is 228 g/mol. The van der Waals surface area contributed by atoms with Gasteiger partial charge in [0.1, 0.15) is 0 Å². The van der Waals surface area contributed by atoms with E-state index < -0.39 is 11.4 Å². The average molecular weight is 228 g/mol. The molecular formula is C11H20N2O3. The van der Waals surface area contributed by atoms with Gasteiger partial charge in [0.2, 0.25) is 5.91 Å². The van der Waals surface area contributed by atoms with Gasteiger partial charge in [-0.05, 0) is 19.3 Å². The second-order valence-corrected chi connectivity index (χ2v) is 4.62. The van der Waals surface area contributed by atoms with Crippen LogP contribution < -0.4 is 11.1 Å². The molecule has 1 fully saturated rings. The van der Waals surface area contributed by atoms with Crippen molar-refractivity contribution in [1.82, 2.24) is 5.32 Å². The van der Waals surface area contributed by atoms with Crippen molar-refractivity contribution in [3.05, 3.63) is 0 Å². The van der Waals surface area contributed by atoms with Crippen molar-refractivity contribution in [2.24, 2.45) is 11.1 Å². The molecule has 0 aromatic rings. The number of hydrogen-bond donors (Lipinski definition) is 3. The van der Waals surface area contributed by atoms with Crippen LogP contribution in [0.25, 0.3) is 0 Å². The largest absolute Gasteiger partial charge is 0.481 e. The number of rotatable bonds is 7. The standard InChI is InChI=1S/C11H20N2O3/c1-2-3-8(12)6-9(14)13-7-11(4-5-11)10(15)16/h8H,2-7,12H2,1H3,(H,13,14)(H,15,16). The third-order valence-corrected chi connectivity index (χ3v) is 3.04. The minimum Gasteiger partial charge on any atom is -0.481 e. The predicted molar refractivity (Wildman–Crippen MR) is 59.8 cm³/mol. The first-order chi connectivity index (χ1) is 7.50. The fraction of sp³-hybridized carbons (Fsp3) is 0.818. The number of carbonyl (C=O) groups excluding carboxylic acids is 1. The second-order valence-electron chi connectivity index (χ2n) is 4.62. The first-order valence-electron chi connectivity index (χ1n) is 5.76. The second kappa shape index (κ2) is 5.30. The molecule has 0 radical (unpaired) electrons. The van der Waals surface area contributed by atoms with E-state index in [1.54, 1.807) is 0 Å². The number of carbonyl (C=O) groups is 2. The van der Waals surface area contributed by atoms with E-state index in [-0.39, 0.29) is 24.9 Å². The quantitative estimate of drug-likeness (QED) is 0.591. The Kier molecular flexibility index (Phi) is 4.29. The third kappa shape index (κ3) is 3.48. The number of carboxylic acid groups (broad SMARTS) is 1. The van der Waals surface area contributed by atoms with E-state index in [0.717, 1.165) is 12.8 Å². The van der Waals surface area contributed by atoms with Crippen molar-refractivity contribution in [2.45, 2.75) is 45.1 Å². The van der Waals surface area contributed by atoms with Crippen LogP contribution in [0.3, 0.4) is 0 Å². The van der Waals surface area contributed by atoms with Gasteiger partial charge in [0, 0.05) is 19.0 Å². The molecule has 1 aliphatic carbocycles. The van der Waals surface area contributed by atoms with E-state index in [9.17, 15) is 9.59 Å². The predicted octanol–water partition coefficient (Wildman–Crippen LogP) is 0.485. The fourth-order valence-corrected chi connectivity index (χ4v) is 1.67. The van der Waals surface area contributed by atoms with Crippen LogP contribution in [0, 0.1) is 5.41 Å². The average Bonchev–Trinajstić information content (AvgIpc) is 2.95. The van der Waals surface area contributed by atoms with Gasteiger partial charge in [0.25, 0.3) is 0 Å². The van der Waals surface area contributed by atoms with Crippen molar-refractivity contribution in [3.63, 3.8) is 0 Å². The van der Waals surface area contributed by atoms with E-state index >= 15 is 0 Å². The highest BCUT2D eigenvalue weighted by atomic mass is 16.4. The summed E-state index contributed by atoms with van der Waals surface area (Å²) in [5.74, 6) is -0.959. The maximum absolute atomic E-state index is 11.4. The lowest BCUT2D eigenvalue weighted by Gasteiger charge is -2.13. The molecule has 0 aliphatic heterocycles. The van der Waals surface area contributed by atoms with Gasteiger partial charge in [-0.1, -0.05) is 13.3 Å². The molecular weight excluding hydrogens is 208 g/mol. The molecule has 1 aliphatic rings. The molecule has 1 unspecified atom stereocenters. The molecule has 5 heteroatoms. The zero-order chi connectivity index (χ0) is 12.2. The van der Waals surface area contributed by atoms with Crippen LogP contribution >= 0.6 is 0 Å². The molecule has 0 heterocycles. The zero-order valence-corrected chi connectivity index (χ0v) is 9.66. The fourth-order valence-electron chi connectivity index (χ4n) is 1.67. The van der Waals surface area contributed by atoms with E-state index in [1.807, 2.05) is 6.92 Å². The maximum atomic E-state index is 11.4. The summed E-state index contributed by atoms with van der Waals surface area (Å²) in [6.07, 6.45) is 3.36. The van der Waals surface area contributed by atoms with Gasteiger partial charge in [0.05, 0.1) is 5.41 Å². The van der Waals surface area contributed by atoms with E-state index in [2.05, 4.69) is 5.32 Å². The Hall–Kier alpha value is -1.10. The van der Waals surface area contributed by atoms with Gasteiger partial charge in [-0.15, -0.1) is 0 Å². The highest BCUT2D eigenvalue weighted by molar-refractivity contribution is 5.81. The number of hydrogen-bond acceptors (Lipinski definition) is 3. The third-order valence-electron chi connectivity index (χ3n) is 3.04. The van der Waals surface area contributed by atoms with Gasteiger partial charge in [-0.3, -0.25) is 9.59 Å². The van der Waals surface area contributed by atoms with Gasteiger partial charge in [-0.2, -0.15) is 0 Å². The molecule has 0 aromatic heterocycles. The highest BCUT2D eigenvalue weighted by Gasteiger charge is 2.50. The Morgan fingerprint density at radius 2 is 2.12 bits per heavy atom. The molecule has 0 bridgehead atoms. The summed E-state index contributed by atoms with van der Waals surface area (Å²) in [7, 11) is 0. The Bertz CT molecular complexity index is 274. The Morgan fingerprint density at radius 1 is 1.50 bits per heavy atom. The van der Waals surface area contributed by atoms with Crippen LogP contribution in [0.1, 0.15) is 39.0 Å². The minimum atomic E-state index is -0.814. The van der Waals surface area contributed by atoms with Crippen LogP contribution in [-0.4, -0.2) is 29.6 Å². The molecule has 16 heavy (non-hydrogen) atoms. The maximum Gasteiger partial charge on any atom is 0.311 e. The number of nitrogens with one attached hydrogen (secondary N) is 1. The lowest BCUT2D eigenvalue weighted by molar-refractivity contribution is -0.143. The highest BCUT2D eigenvalue weighted by Crippen LogP contribution is 2.45. The van der Waals surface area contributed by atoms with Crippen molar-refractivity contribution in [3.8, 4) is 0 Å². The summed E-state index contributed by atoms with van der Waals surface area (Å²) in [5.41, 5.74) is 5.03. The van der Waals surface area contributed by atoms with Crippen LogP contribution in [0.4, 0.5) is 0 Å². The van der Waals surface area contributed by atoms with Crippen molar-refractivity contribution < 1.29 is 14.7 Å². The Balaban J connectivity index is 2.23. The molecule has 0 aromatic carbocycles. The smallest absolute Gasteiger partial charge is 0.311 e. The summed E-state index contributed by atoms with van der Waals surface area (Å²) in [4.78, 5) is 22.3. The lowest BCUT2D eigenvalue weighted by Crippen LogP contribution is -2.37. The molecule has 1 amide bonds. The number of aliphatic carboxylic acids is 1. The van der Waals surface area contributed by atoms with Gasteiger partial charge in [-0.25, -0.2) is 0 Å². The molecule has 0 saturated heterocycles. The summed E-state index contributed by atoms with van der Waals surface area (Å²) in [6.45, 7) is 2.25. The van der Waals surface area contributed by atoms with Crippen LogP contribution in [-0.2, 0) is 9.59 Å². The van der Waals surface area contributed by atoms with Crippen molar-refractivity contribution in [2.75, 3.05) is 6.54 Å². The summed E-state index contributed by atoms with van der Waals surface area (Å²) in [5, 5.41) is 11.6. The first-order valence-corrected chi connectivity index (χ1v) is 5.76. The Morgan fingerprint density at radius 3 is 2.56 bits per heavy atom. The van der Waals surface area contributed by atoms with Gasteiger partial charge >= 0.3 is 5.97 Å². The minimum absolute atomic E-state index is 0.120. The van der Waals surface area contributed by atoms with Gasteiger partial charge < -0.3 is 16.2 Å². The summed E-state index contributed by atoms with van der Waals surface area (Å²) >= 11 is 0. The molecule has 0 spiro atoms. The van der Waals surface area contributed by atoms with E-state index in [0.29, 0.717) is 12.8 Å². The number of carboxylic acids is 1. The van der Waals surface area contributed by atoms with Crippen LogP contribution in [0.2, 0.25) is 0 Å². The summed E-state index contributed by atoms with van der Waals surface area (Å²) in [6, 6.07) is -0.120. The molecule has 4 N–H and O–H groups in total. The lowest BCUT2D eigenvalue weighted by atomic mass is 10.1. The molecule has 5 nitrogen and oxygen atoms in total. The zero-order valence-electron chi connectivity index (χ0n) is 9.66. The molecule has 92 valence electrons. The van der Waals surface area contributed by atoms with Gasteiger partial charge in [0.15, 0.2) is 0 Å². The molecule has 1 saturated carbocycles. The van der Waals surface area contributed by atoms with Crippen molar-refractivity contribution >= 4 is 11.9 Å². The number of nitrogens with two attached hydrogens (primary N) is 1. The number of amides is 1. The normalized spacial score (nSPS) is 18.9. The first kappa shape index (κ1) is 13.0. The molecule has 1 atom stereocenters.